The van der Waals surface area contributed by atoms with E-state index in [0.29, 0.717) is 0 Å². The molecule has 0 atom stereocenters. The van der Waals surface area contributed by atoms with Crippen LogP contribution in [0.5, 0.6) is 5.75 Å². The summed E-state index contributed by atoms with van der Waals surface area (Å²) >= 11 is 0. The van der Waals surface area contributed by atoms with Gasteiger partial charge in [0.25, 0.3) is 0 Å². The Morgan fingerprint density at radius 2 is 1.84 bits per heavy atom. The molecule has 0 N–H and O–H groups in total. The number of hydrogen-bond donors (Lipinski definition) is 0. The second kappa shape index (κ2) is 8.10. The highest BCUT2D eigenvalue weighted by atomic mass is 19.4. The van der Waals surface area contributed by atoms with Crippen LogP contribution in [0.4, 0.5) is 18.9 Å². The Kier molecular flexibility index (Phi) is 5.48. The van der Waals surface area contributed by atoms with Gasteiger partial charge in [-0.2, -0.15) is 18.4 Å². The normalized spacial score (nSPS) is 14.1. The fraction of sp³-hybridized carbons (Fsp3) is 0.333. The van der Waals surface area contributed by atoms with Crippen LogP contribution in [0.25, 0.3) is 10.9 Å². The standard InChI is InChI=1S/C24H22F3N3O/c1-15-9-20-22(29-16(2)10-23(20)30-7-3-4-8-30)11-18(15)14-31-19-6-5-17(13-28)21(12-19)24(25,26)27/h5-6,9-12H,3-4,7-8,14H2,1-2H3. The van der Waals surface area contributed by atoms with E-state index in [9.17, 15) is 13.2 Å². The summed E-state index contributed by atoms with van der Waals surface area (Å²) in [5, 5.41) is 10.0. The lowest BCUT2D eigenvalue weighted by Gasteiger charge is -2.21. The predicted octanol–water partition coefficient (Wildman–Crippen LogP) is 5.92. The number of halogens is 3. The van der Waals surface area contributed by atoms with Crippen LogP contribution >= 0.6 is 0 Å². The quantitative estimate of drug-likeness (QED) is 0.521. The SMILES string of the molecule is Cc1cc(N2CCCC2)c2cc(C)c(COc3ccc(C#N)c(C(F)(F)F)c3)cc2n1. The number of alkyl halides is 3. The highest BCUT2D eigenvalue weighted by Gasteiger charge is 2.34. The molecule has 1 saturated heterocycles. The van der Waals surface area contributed by atoms with Crippen LogP contribution in [0.1, 0.15) is 40.8 Å². The molecule has 4 rings (SSSR count). The van der Waals surface area contributed by atoms with E-state index in [1.165, 1.54) is 24.6 Å². The molecule has 0 amide bonds. The first kappa shape index (κ1) is 21.0. The fourth-order valence-corrected chi connectivity index (χ4v) is 4.02. The van der Waals surface area contributed by atoms with Gasteiger partial charge in [0.05, 0.1) is 22.7 Å². The van der Waals surface area contributed by atoms with Gasteiger partial charge in [0, 0.05) is 29.9 Å². The number of nitrogens with zero attached hydrogens (tertiary/aromatic N) is 3. The van der Waals surface area contributed by atoms with Crippen LogP contribution < -0.4 is 9.64 Å². The van der Waals surface area contributed by atoms with Crippen LogP contribution in [0, 0.1) is 25.2 Å². The van der Waals surface area contributed by atoms with Crippen molar-refractivity contribution in [3.05, 3.63) is 64.3 Å². The second-order valence-electron chi connectivity index (χ2n) is 7.88. The number of rotatable bonds is 4. The zero-order valence-electron chi connectivity index (χ0n) is 17.4. The van der Waals surface area contributed by atoms with Crippen molar-refractivity contribution in [2.75, 3.05) is 18.0 Å². The van der Waals surface area contributed by atoms with Crippen LogP contribution in [-0.4, -0.2) is 18.1 Å². The van der Waals surface area contributed by atoms with Crippen molar-refractivity contribution in [3.8, 4) is 11.8 Å². The number of aromatic nitrogens is 1. The Balaban J connectivity index is 1.64. The van der Waals surface area contributed by atoms with Crippen LogP contribution in [-0.2, 0) is 12.8 Å². The Bertz CT molecular complexity index is 1180. The molecular weight excluding hydrogens is 403 g/mol. The molecule has 1 fully saturated rings. The van der Waals surface area contributed by atoms with Crippen LogP contribution in [0.2, 0.25) is 0 Å². The van der Waals surface area contributed by atoms with Gasteiger partial charge in [-0.1, -0.05) is 0 Å². The monoisotopic (exact) mass is 425 g/mol. The summed E-state index contributed by atoms with van der Waals surface area (Å²) in [7, 11) is 0. The topological polar surface area (TPSA) is 49.1 Å². The summed E-state index contributed by atoms with van der Waals surface area (Å²) in [5.74, 6) is 0.0702. The van der Waals surface area contributed by atoms with Gasteiger partial charge in [0.15, 0.2) is 0 Å². The number of ether oxygens (including phenoxy) is 1. The number of benzene rings is 2. The smallest absolute Gasteiger partial charge is 0.417 e. The lowest BCUT2D eigenvalue weighted by atomic mass is 10.0. The summed E-state index contributed by atoms with van der Waals surface area (Å²) < 4.78 is 45.3. The lowest BCUT2D eigenvalue weighted by molar-refractivity contribution is -0.137. The number of pyridine rings is 1. The molecule has 0 spiro atoms. The molecule has 2 heterocycles. The van der Waals surface area contributed by atoms with E-state index in [4.69, 9.17) is 10.00 Å². The first-order valence-electron chi connectivity index (χ1n) is 10.2. The average molecular weight is 425 g/mol. The van der Waals surface area contributed by atoms with E-state index < -0.39 is 17.3 Å². The first-order valence-corrected chi connectivity index (χ1v) is 10.2. The maximum absolute atomic E-state index is 13.2. The minimum absolute atomic E-state index is 0.0702. The van der Waals surface area contributed by atoms with Crippen molar-refractivity contribution in [1.29, 1.82) is 5.26 Å². The minimum Gasteiger partial charge on any atom is -0.489 e. The molecule has 7 heteroatoms. The largest absolute Gasteiger partial charge is 0.489 e. The Morgan fingerprint density at radius 3 is 2.52 bits per heavy atom. The molecule has 2 aromatic carbocycles. The van der Waals surface area contributed by atoms with E-state index in [2.05, 4.69) is 22.0 Å². The molecule has 1 aliphatic rings. The van der Waals surface area contributed by atoms with E-state index in [1.807, 2.05) is 19.9 Å². The van der Waals surface area contributed by atoms with Crippen molar-refractivity contribution in [2.24, 2.45) is 0 Å². The predicted molar refractivity (Wildman–Crippen MR) is 113 cm³/mol. The average Bonchev–Trinajstić information content (AvgIpc) is 3.26. The highest BCUT2D eigenvalue weighted by molar-refractivity contribution is 5.93. The van der Waals surface area contributed by atoms with Crippen LogP contribution in [0.15, 0.2) is 36.4 Å². The van der Waals surface area contributed by atoms with Gasteiger partial charge in [-0.15, -0.1) is 0 Å². The molecule has 0 saturated carbocycles. The van der Waals surface area contributed by atoms with Gasteiger partial charge < -0.3 is 9.64 Å². The van der Waals surface area contributed by atoms with Gasteiger partial charge in [-0.05, 0) is 74.2 Å². The van der Waals surface area contributed by atoms with Crippen molar-refractivity contribution < 1.29 is 17.9 Å². The van der Waals surface area contributed by atoms with Crippen LogP contribution in [0.3, 0.4) is 0 Å². The number of fused-ring (bicyclic) bond motifs is 1. The maximum Gasteiger partial charge on any atom is 0.417 e. The summed E-state index contributed by atoms with van der Waals surface area (Å²) in [6.07, 6.45) is -2.26. The second-order valence-corrected chi connectivity index (χ2v) is 7.88. The molecule has 31 heavy (non-hydrogen) atoms. The third-order valence-electron chi connectivity index (χ3n) is 5.63. The van der Waals surface area contributed by atoms with Gasteiger partial charge in [0.1, 0.15) is 12.4 Å². The maximum atomic E-state index is 13.2. The third-order valence-corrected chi connectivity index (χ3v) is 5.63. The molecule has 0 radical (unpaired) electrons. The van der Waals surface area contributed by atoms with E-state index in [-0.39, 0.29) is 12.4 Å². The van der Waals surface area contributed by atoms with Gasteiger partial charge >= 0.3 is 6.18 Å². The fourth-order valence-electron chi connectivity index (χ4n) is 4.02. The summed E-state index contributed by atoms with van der Waals surface area (Å²) in [4.78, 5) is 7.04. The summed E-state index contributed by atoms with van der Waals surface area (Å²) in [6, 6.07) is 11.1. The van der Waals surface area contributed by atoms with Gasteiger partial charge in [-0.25, -0.2) is 0 Å². The van der Waals surface area contributed by atoms with E-state index >= 15 is 0 Å². The minimum atomic E-state index is -4.61. The Labute approximate surface area is 178 Å². The van der Waals surface area contributed by atoms with E-state index in [0.717, 1.165) is 52.9 Å². The van der Waals surface area contributed by atoms with Gasteiger partial charge in [-0.3, -0.25) is 4.98 Å². The molecule has 160 valence electrons. The third kappa shape index (κ3) is 4.29. The van der Waals surface area contributed by atoms with Crippen molar-refractivity contribution >= 4 is 16.6 Å². The summed E-state index contributed by atoms with van der Waals surface area (Å²) in [6.45, 7) is 6.10. The van der Waals surface area contributed by atoms with Crippen molar-refractivity contribution in [3.63, 3.8) is 0 Å². The number of anilines is 1. The zero-order chi connectivity index (χ0) is 22.2. The molecule has 1 aliphatic heterocycles. The Morgan fingerprint density at radius 1 is 1.10 bits per heavy atom. The molecule has 0 aliphatic carbocycles. The number of nitriles is 1. The number of aryl methyl sites for hydroxylation is 2. The highest BCUT2D eigenvalue weighted by Crippen LogP contribution is 2.35. The zero-order valence-corrected chi connectivity index (χ0v) is 17.4. The molecule has 0 unspecified atom stereocenters. The Hall–Kier alpha value is -3.27. The molecule has 1 aromatic heterocycles. The van der Waals surface area contributed by atoms with E-state index in [1.54, 1.807) is 6.07 Å². The molecule has 4 nitrogen and oxygen atoms in total. The molecule has 0 bridgehead atoms. The summed E-state index contributed by atoms with van der Waals surface area (Å²) in [5.41, 5.74) is 3.39. The first-order chi connectivity index (χ1) is 14.8. The molecular formula is C24H22F3N3O. The number of hydrogen-bond acceptors (Lipinski definition) is 4. The van der Waals surface area contributed by atoms with Crippen molar-refractivity contribution in [1.82, 2.24) is 4.98 Å². The lowest BCUT2D eigenvalue weighted by Crippen LogP contribution is -2.18. The van der Waals surface area contributed by atoms with Crippen molar-refractivity contribution in [2.45, 2.75) is 39.5 Å². The van der Waals surface area contributed by atoms with Gasteiger partial charge in [0.2, 0.25) is 0 Å². The molecule has 3 aromatic rings.